The first-order chi connectivity index (χ1) is 10.1. The summed E-state index contributed by atoms with van der Waals surface area (Å²) in [6, 6.07) is 10.2. The summed E-state index contributed by atoms with van der Waals surface area (Å²) in [5.41, 5.74) is 2.53. The van der Waals surface area contributed by atoms with Crippen LogP contribution >= 0.6 is 0 Å². The Bertz CT molecular complexity index is 502. The molecular weight excluding hydrogens is 260 g/mol. The Labute approximate surface area is 127 Å². The maximum atomic E-state index is 12.4. The highest BCUT2D eigenvalue weighted by Crippen LogP contribution is 2.29. The zero-order valence-corrected chi connectivity index (χ0v) is 13.1. The van der Waals surface area contributed by atoms with Gasteiger partial charge in [0.05, 0.1) is 0 Å². The van der Waals surface area contributed by atoms with E-state index in [2.05, 4.69) is 36.5 Å². The minimum absolute atomic E-state index is 0.294. The minimum atomic E-state index is 0.294. The number of hydrogen-bond donors (Lipinski definition) is 1. The van der Waals surface area contributed by atoms with Gasteiger partial charge in [0.15, 0.2) is 0 Å². The van der Waals surface area contributed by atoms with Crippen molar-refractivity contribution in [3.8, 4) is 0 Å². The summed E-state index contributed by atoms with van der Waals surface area (Å²) < 4.78 is 0. The Hall–Kier alpha value is -1.35. The summed E-state index contributed by atoms with van der Waals surface area (Å²) in [4.78, 5) is 14.5. The Morgan fingerprint density at radius 1 is 1.29 bits per heavy atom. The molecule has 0 aliphatic carbocycles. The molecule has 2 saturated heterocycles. The van der Waals surface area contributed by atoms with Crippen molar-refractivity contribution in [3.63, 3.8) is 0 Å². The van der Waals surface area contributed by atoms with Crippen molar-refractivity contribution in [2.45, 2.75) is 63.6 Å². The quantitative estimate of drug-likeness (QED) is 0.923. The van der Waals surface area contributed by atoms with Gasteiger partial charge in [-0.2, -0.15) is 0 Å². The van der Waals surface area contributed by atoms with E-state index >= 15 is 0 Å². The fraction of sp³-hybridized carbons (Fsp3) is 0.611. The van der Waals surface area contributed by atoms with Gasteiger partial charge >= 0.3 is 0 Å². The van der Waals surface area contributed by atoms with E-state index < -0.39 is 0 Å². The molecule has 2 fully saturated rings. The third-order valence-electron chi connectivity index (χ3n) is 5.10. The Balaban J connectivity index is 1.53. The van der Waals surface area contributed by atoms with Crippen molar-refractivity contribution in [2.24, 2.45) is 0 Å². The van der Waals surface area contributed by atoms with Crippen LogP contribution in [-0.4, -0.2) is 36.0 Å². The first-order valence-electron chi connectivity index (χ1n) is 8.19. The lowest BCUT2D eigenvalue weighted by atomic mass is 9.98. The number of nitrogens with one attached hydrogen (secondary N) is 1. The van der Waals surface area contributed by atoms with Gasteiger partial charge in [-0.05, 0) is 44.6 Å². The molecule has 0 spiro atoms. The summed E-state index contributed by atoms with van der Waals surface area (Å²) in [6.45, 7) is 2.10. The van der Waals surface area contributed by atoms with Gasteiger partial charge in [-0.15, -0.1) is 0 Å². The van der Waals surface area contributed by atoms with Gasteiger partial charge < -0.3 is 10.2 Å². The Kier molecular flexibility index (Phi) is 4.29. The molecule has 21 heavy (non-hydrogen) atoms. The molecule has 2 aliphatic rings. The Morgan fingerprint density at radius 2 is 2.00 bits per heavy atom. The molecule has 1 aromatic rings. The number of amides is 1. The number of nitrogens with zero attached hydrogens (tertiary/aromatic N) is 1. The van der Waals surface area contributed by atoms with Gasteiger partial charge in [0.2, 0.25) is 5.91 Å². The van der Waals surface area contributed by atoms with Gasteiger partial charge in [-0.25, -0.2) is 0 Å². The lowest BCUT2D eigenvalue weighted by Crippen LogP contribution is -2.48. The molecule has 0 saturated carbocycles. The molecule has 2 atom stereocenters. The standard InChI is InChI=1S/C18H26N2O/c1-13-4-3-5-14(10-13)6-9-18(21)20(2)17-11-15-7-8-16(12-17)19-15/h3-5,10,15-17,19H,6-9,11-12H2,1-2H3. The van der Waals surface area contributed by atoms with Crippen molar-refractivity contribution in [1.82, 2.24) is 10.2 Å². The fourth-order valence-corrected chi connectivity index (χ4v) is 3.84. The Morgan fingerprint density at radius 3 is 2.67 bits per heavy atom. The van der Waals surface area contributed by atoms with Gasteiger partial charge in [-0.3, -0.25) is 4.79 Å². The lowest BCUT2D eigenvalue weighted by Gasteiger charge is -2.35. The molecule has 3 rings (SSSR count). The number of fused-ring (bicyclic) bond motifs is 2. The fourth-order valence-electron chi connectivity index (χ4n) is 3.84. The molecule has 1 N–H and O–H groups in total. The molecule has 114 valence electrons. The van der Waals surface area contributed by atoms with Crippen molar-refractivity contribution in [2.75, 3.05) is 7.05 Å². The van der Waals surface area contributed by atoms with Crippen molar-refractivity contribution in [1.29, 1.82) is 0 Å². The average molecular weight is 286 g/mol. The van der Waals surface area contributed by atoms with Crippen LogP contribution in [0.5, 0.6) is 0 Å². The van der Waals surface area contributed by atoms with Gasteiger partial charge in [-0.1, -0.05) is 29.8 Å². The van der Waals surface area contributed by atoms with E-state index in [0.29, 0.717) is 30.5 Å². The number of carbonyl (C=O) groups excluding carboxylic acids is 1. The molecule has 1 amide bonds. The second-order valence-electron chi connectivity index (χ2n) is 6.76. The number of piperidine rings is 1. The van der Waals surface area contributed by atoms with E-state index in [-0.39, 0.29) is 0 Å². The zero-order valence-electron chi connectivity index (χ0n) is 13.1. The van der Waals surface area contributed by atoms with E-state index in [1.807, 2.05) is 11.9 Å². The predicted molar refractivity (Wildman–Crippen MR) is 85.2 cm³/mol. The first-order valence-corrected chi connectivity index (χ1v) is 8.19. The van der Waals surface area contributed by atoms with Crippen LogP contribution in [0.3, 0.4) is 0 Å². The number of hydrogen-bond acceptors (Lipinski definition) is 2. The monoisotopic (exact) mass is 286 g/mol. The summed E-state index contributed by atoms with van der Waals surface area (Å²) in [6.07, 6.45) is 6.30. The van der Waals surface area contributed by atoms with E-state index in [1.54, 1.807) is 0 Å². The highest BCUT2D eigenvalue weighted by Gasteiger charge is 2.36. The van der Waals surface area contributed by atoms with Gasteiger partial charge in [0.25, 0.3) is 0 Å². The molecule has 1 aromatic carbocycles. The van der Waals surface area contributed by atoms with Crippen molar-refractivity contribution >= 4 is 5.91 Å². The van der Waals surface area contributed by atoms with E-state index in [0.717, 1.165) is 19.3 Å². The third-order valence-corrected chi connectivity index (χ3v) is 5.10. The van der Waals surface area contributed by atoms with Gasteiger partial charge in [0.1, 0.15) is 0 Å². The molecule has 0 radical (unpaired) electrons. The average Bonchev–Trinajstić information content (AvgIpc) is 2.82. The smallest absolute Gasteiger partial charge is 0.222 e. The normalized spacial score (nSPS) is 27.6. The van der Waals surface area contributed by atoms with Crippen molar-refractivity contribution in [3.05, 3.63) is 35.4 Å². The van der Waals surface area contributed by atoms with Crippen LogP contribution in [0.2, 0.25) is 0 Å². The van der Waals surface area contributed by atoms with Crippen LogP contribution in [0, 0.1) is 6.92 Å². The number of carbonyl (C=O) groups is 1. The van der Waals surface area contributed by atoms with Crippen LogP contribution in [0.1, 0.15) is 43.2 Å². The van der Waals surface area contributed by atoms with Crippen LogP contribution in [-0.2, 0) is 11.2 Å². The molecule has 2 aliphatic heterocycles. The molecule has 0 aromatic heterocycles. The van der Waals surface area contributed by atoms with E-state index in [1.165, 1.54) is 24.0 Å². The lowest BCUT2D eigenvalue weighted by molar-refractivity contribution is -0.132. The number of aryl methyl sites for hydroxylation is 2. The van der Waals surface area contributed by atoms with Gasteiger partial charge in [0, 0.05) is 31.6 Å². The molecule has 2 bridgehead atoms. The van der Waals surface area contributed by atoms with Crippen LogP contribution < -0.4 is 5.32 Å². The maximum absolute atomic E-state index is 12.4. The highest BCUT2D eigenvalue weighted by molar-refractivity contribution is 5.76. The van der Waals surface area contributed by atoms with Crippen LogP contribution in [0.4, 0.5) is 0 Å². The topological polar surface area (TPSA) is 32.3 Å². The second kappa shape index (κ2) is 6.18. The molecule has 2 heterocycles. The minimum Gasteiger partial charge on any atom is -0.343 e. The third kappa shape index (κ3) is 3.46. The van der Waals surface area contributed by atoms with E-state index in [4.69, 9.17) is 0 Å². The highest BCUT2D eigenvalue weighted by atomic mass is 16.2. The maximum Gasteiger partial charge on any atom is 0.222 e. The number of rotatable bonds is 4. The summed E-state index contributed by atoms with van der Waals surface area (Å²) >= 11 is 0. The van der Waals surface area contributed by atoms with Crippen LogP contribution in [0.25, 0.3) is 0 Å². The molecule has 3 nitrogen and oxygen atoms in total. The number of benzene rings is 1. The van der Waals surface area contributed by atoms with E-state index in [9.17, 15) is 4.79 Å². The summed E-state index contributed by atoms with van der Waals surface area (Å²) in [5.74, 6) is 0.294. The zero-order chi connectivity index (χ0) is 14.8. The summed E-state index contributed by atoms with van der Waals surface area (Å²) in [7, 11) is 1.99. The molecule has 3 heteroatoms. The van der Waals surface area contributed by atoms with Crippen molar-refractivity contribution < 1.29 is 4.79 Å². The summed E-state index contributed by atoms with van der Waals surface area (Å²) in [5, 5.41) is 3.64. The predicted octanol–water partition coefficient (Wildman–Crippen LogP) is 2.67. The first kappa shape index (κ1) is 14.6. The van der Waals surface area contributed by atoms with Crippen LogP contribution in [0.15, 0.2) is 24.3 Å². The molecular formula is C18H26N2O. The largest absolute Gasteiger partial charge is 0.343 e. The molecule has 2 unspecified atom stereocenters. The SMILES string of the molecule is Cc1cccc(CCC(=O)N(C)C2CC3CCC(C2)N3)c1. The second-order valence-corrected chi connectivity index (χ2v) is 6.76.